The Bertz CT molecular complexity index is 1070. The monoisotopic (exact) mass is 430 g/mol. The van der Waals surface area contributed by atoms with E-state index < -0.39 is 6.10 Å². The minimum absolute atomic E-state index is 0.0183. The van der Waals surface area contributed by atoms with E-state index in [1.54, 1.807) is 0 Å². The molecule has 6 nitrogen and oxygen atoms in total. The third-order valence-corrected chi connectivity index (χ3v) is 5.84. The predicted molar refractivity (Wildman–Crippen MR) is 127 cm³/mol. The summed E-state index contributed by atoms with van der Waals surface area (Å²) in [6.07, 6.45) is -0.518. The molecule has 1 aliphatic rings. The van der Waals surface area contributed by atoms with Crippen LogP contribution in [-0.4, -0.2) is 53.3 Å². The molecule has 2 aromatic carbocycles. The number of amides is 1. The van der Waals surface area contributed by atoms with Crippen LogP contribution in [0.15, 0.2) is 54.6 Å². The number of hydrogen-bond acceptors (Lipinski definition) is 5. The summed E-state index contributed by atoms with van der Waals surface area (Å²) in [6.45, 7) is 10.7. The maximum absolute atomic E-state index is 12.9. The third-order valence-electron chi connectivity index (χ3n) is 5.84. The average molecular weight is 431 g/mol. The molecule has 0 N–H and O–H groups in total. The number of aromatic nitrogens is 2. The molecular formula is C26H30N4O2. The fourth-order valence-electron chi connectivity index (χ4n) is 4.17. The number of benzene rings is 2. The van der Waals surface area contributed by atoms with Crippen LogP contribution in [0.5, 0.6) is 5.75 Å². The van der Waals surface area contributed by atoms with Crippen molar-refractivity contribution in [2.75, 3.05) is 31.1 Å². The maximum atomic E-state index is 12.9. The normalized spacial score (nSPS) is 14.9. The van der Waals surface area contributed by atoms with Gasteiger partial charge < -0.3 is 14.5 Å². The van der Waals surface area contributed by atoms with E-state index in [9.17, 15) is 4.79 Å². The van der Waals surface area contributed by atoms with E-state index in [2.05, 4.69) is 40.2 Å². The van der Waals surface area contributed by atoms with Crippen molar-refractivity contribution >= 4 is 11.7 Å². The summed E-state index contributed by atoms with van der Waals surface area (Å²) in [7, 11) is 0. The SMILES string of the molecule is Cc1cc(C)cc(OC(C)C(=O)N2CCN(c3ccc(-c4ccccc4C)nn3)CC2)c1. The number of rotatable bonds is 5. The van der Waals surface area contributed by atoms with E-state index >= 15 is 0 Å². The third kappa shape index (κ3) is 4.90. The van der Waals surface area contributed by atoms with Gasteiger partial charge in [-0.2, -0.15) is 0 Å². The van der Waals surface area contributed by atoms with Crippen molar-refractivity contribution in [1.82, 2.24) is 15.1 Å². The lowest BCUT2D eigenvalue weighted by Crippen LogP contribution is -2.52. The van der Waals surface area contributed by atoms with Gasteiger partial charge in [0.25, 0.3) is 5.91 Å². The van der Waals surface area contributed by atoms with Crippen LogP contribution in [0.1, 0.15) is 23.6 Å². The lowest BCUT2D eigenvalue weighted by Gasteiger charge is -2.36. The Labute approximate surface area is 189 Å². The molecular weight excluding hydrogens is 400 g/mol. The first-order valence-electron chi connectivity index (χ1n) is 11.1. The van der Waals surface area contributed by atoms with Crippen LogP contribution in [0.25, 0.3) is 11.3 Å². The topological polar surface area (TPSA) is 58.6 Å². The van der Waals surface area contributed by atoms with Crippen molar-refractivity contribution in [3.05, 3.63) is 71.3 Å². The number of carbonyl (C=O) groups excluding carboxylic acids is 1. The van der Waals surface area contributed by atoms with Gasteiger partial charge in [-0.3, -0.25) is 4.79 Å². The molecule has 4 rings (SSSR count). The van der Waals surface area contributed by atoms with Crippen LogP contribution in [0.4, 0.5) is 5.82 Å². The lowest BCUT2D eigenvalue weighted by atomic mass is 10.1. The van der Waals surface area contributed by atoms with Gasteiger partial charge in [0, 0.05) is 31.7 Å². The van der Waals surface area contributed by atoms with Crippen LogP contribution >= 0.6 is 0 Å². The van der Waals surface area contributed by atoms with Crippen molar-refractivity contribution < 1.29 is 9.53 Å². The van der Waals surface area contributed by atoms with E-state index in [1.165, 1.54) is 5.56 Å². The Morgan fingerprint density at radius 2 is 1.59 bits per heavy atom. The molecule has 0 aliphatic carbocycles. The highest BCUT2D eigenvalue weighted by molar-refractivity contribution is 5.81. The van der Waals surface area contributed by atoms with E-state index in [4.69, 9.17) is 4.74 Å². The second-order valence-electron chi connectivity index (χ2n) is 8.49. The van der Waals surface area contributed by atoms with Gasteiger partial charge in [0.15, 0.2) is 11.9 Å². The predicted octanol–water partition coefficient (Wildman–Crippen LogP) is 4.18. The standard InChI is InChI=1S/C26H30N4O2/c1-18-15-19(2)17-22(16-18)32-21(4)26(31)30-13-11-29(12-14-30)25-10-9-24(27-28-25)23-8-6-5-7-20(23)3/h5-10,15-17,21H,11-14H2,1-4H3. The zero-order valence-corrected chi connectivity index (χ0v) is 19.2. The number of anilines is 1. The minimum atomic E-state index is -0.518. The molecule has 1 aromatic heterocycles. The summed E-state index contributed by atoms with van der Waals surface area (Å²) in [5.74, 6) is 1.60. The van der Waals surface area contributed by atoms with Gasteiger partial charge in [0.2, 0.25) is 0 Å². The Hall–Kier alpha value is -3.41. The van der Waals surface area contributed by atoms with E-state index in [-0.39, 0.29) is 5.91 Å². The Kier molecular flexibility index (Phi) is 6.40. The van der Waals surface area contributed by atoms with Crippen LogP contribution < -0.4 is 9.64 Å². The summed E-state index contributed by atoms with van der Waals surface area (Å²) >= 11 is 0. The number of ether oxygens (including phenoxy) is 1. The summed E-state index contributed by atoms with van der Waals surface area (Å²) < 4.78 is 5.94. The van der Waals surface area contributed by atoms with Crippen LogP contribution in [0.2, 0.25) is 0 Å². The zero-order chi connectivity index (χ0) is 22.7. The molecule has 6 heteroatoms. The fourth-order valence-corrected chi connectivity index (χ4v) is 4.17. The number of carbonyl (C=O) groups is 1. The fraction of sp³-hybridized carbons (Fsp3) is 0.346. The van der Waals surface area contributed by atoms with Gasteiger partial charge in [-0.1, -0.05) is 30.3 Å². The summed E-state index contributed by atoms with van der Waals surface area (Å²) in [4.78, 5) is 17.0. The number of piperazine rings is 1. The van der Waals surface area contributed by atoms with Gasteiger partial charge in [0.05, 0.1) is 5.69 Å². The molecule has 1 unspecified atom stereocenters. The summed E-state index contributed by atoms with van der Waals surface area (Å²) in [6, 6.07) is 18.2. The molecule has 0 saturated carbocycles. The highest BCUT2D eigenvalue weighted by Crippen LogP contribution is 2.23. The van der Waals surface area contributed by atoms with Gasteiger partial charge in [0.1, 0.15) is 5.75 Å². The molecule has 0 spiro atoms. The first kappa shape index (κ1) is 21.8. The van der Waals surface area contributed by atoms with Crippen LogP contribution in [-0.2, 0) is 4.79 Å². The van der Waals surface area contributed by atoms with Gasteiger partial charge in [-0.15, -0.1) is 10.2 Å². The largest absolute Gasteiger partial charge is 0.481 e. The molecule has 1 saturated heterocycles. The van der Waals surface area contributed by atoms with Gasteiger partial charge in [-0.25, -0.2) is 0 Å². The molecule has 0 radical (unpaired) electrons. The van der Waals surface area contributed by atoms with Crippen molar-refractivity contribution in [3.63, 3.8) is 0 Å². The molecule has 1 amide bonds. The second-order valence-corrected chi connectivity index (χ2v) is 8.49. The maximum Gasteiger partial charge on any atom is 0.263 e. The highest BCUT2D eigenvalue weighted by Gasteiger charge is 2.26. The molecule has 3 aromatic rings. The van der Waals surface area contributed by atoms with Crippen molar-refractivity contribution in [2.45, 2.75) is 33.8 Å². The molecule has 1 fully saturated rings. The average Bonchev–Trinajstić information content (AvgIpc) is 2.78. The molecule has 0 bridgehead atoms. The smallest absolute Gasteiger partial charge is 0.263 e. The number of aryl methyl sites for hydroxylation is 3. The van der Waals surface area contributed by atoms with Crippen LogP contribution in [0.3, 0.4) is 0 Å². The van der Waals surface area contributed by atoms with Crippen molar-refractivity contribution in [2.24, 2.45) is 0 Å². The van der Waals surface area contributed by atoms with Gasteiger partial charge in [-0.05, 0) is 68.7 Å². The number of nitrogens with zero attached hydrogens (tertiary/aromatic N) is 4. The Balaban J connectivity index is 1.34. The molecule has 1 aliphatic heterocycles. The van der Waals surface area contributed by atoms with E-state index in [0.29, 0.717) is 13.1 Å². The van der Waals surface area contributed by atoms with Crippen molar-refractivity contribution in [3.8, 4) is 17.0 Å². The van der Waals surface area contributed by atoms with Gasteiger partial charge >= 0.3 is 0 Å². The zero-order valence-electron chi connectivity index (χ0n) is 19.2. The molecule has 1 atom stereocenters. The minimum Gasteiger partial charge on any atom is -0.481 e. The number of hydrogen-bond donors (Lipinski definition) is 0. The van der Waals surface area contributed by atoms with E-state index in [0.717, 1.165) is 47.0 Å². The molecule has 2 heterocycles. The lowest BCUT2D eigenvalue weighted by molar-refractivity contribution is -0.138. The quantitative estimate of drug-likeness (QED) is 0.608. The van der Waals surface area contributed by atoms with Crippen LogP contribution in [0, 0.1) is 20.8 Å². The molecule has 32 heavy (non-hydrogen) atoms. The first-order chi connectivity index (χ1) is 15.4. The molecule has 166 valence electrons. The summed E-state index contributed by atoms with van der Waals surface area (Å²) in [5.41, 5.74) is 5.40. The first-order valence-corrected chi connectivity index (χ1v) is 11.1. The van der Waals surface area contributed by atoms with E-state index in [1.807, 2.05) is 62.1 Å². The summed E-state index contributed by atoms with van der Waals surface area (Å²) in [5, 5.41) is 8.88. The second kappa shape index (κ2) is 9.39. The highest BCUT2D eigenvalue weighted by atomic mass is 16.5. The Morgan fingerprint density at radius 1 is 0.906 bits per heavy atom. The van der Waals surface area contributed by atoms with Crippen molar-refractivity contribution in [1.29, 1.82) is 0 Å². The Morgan fingerprint density at radius 3 is 2.22 bits per heavy atom.